The molecule has 0 saturated carbocycles. The zero-order chi connectivity index (χ0) is 20.0. The van der Waals surface area contributed by atoms with Crippen LogP contribution in [-0.4, -0.2) is 35.8 Å². The molecule has 1 aliphatic heterocycles. The number of hydrogen-bond donors (Lipinski definition) is 1. The quantitative estimate of drug-likeness (QED) is 0.725. The Morgan fingerprint density at radius 3 is 2.10 bits per heavy atom. The van der Waals surface area contributed by atoms with Crippen molar-refractivity contribution < 1.29 is 14.6 Å². The predicted molar refractivity (Wildman–Crippen MR) is 112 cm³/mol. The molecule has 0 bridgehead atoms. The van der Waals surface area contributed by atoms with Gasteiger partial charge >= 0.3 is 6.09 Å². The van der Waals surface area contributed by atoms with Gasteiger partial charge in [-0.3, -0.25) is 0 Å². The maximum absolute atomic E-state index is 12.6. The fourth-order valence-electron chi connectivity index (χ4n) is 4.45. The molecule has 1 aliphatic carbocycles. The molecule has 146 valence electrons. The van der Waals surface area contributed by atoms with Crippen LogP contribution in [0, 0.1) is 6.92 Å². The second-order valence-corrected chi connectivity index (χ2v) is 8.06. The lowest BCUT2D eigenvalue weighted by Crippen LogP contribution is -2.61. The number of amides is 1. The Morgan fingerprint density at radius 2 is 1.52 bits per heavy atom. The molecule has 0 aromatic heterocycles. The molecule has 1 heterocycles. The maximum Gasteiger partial charge on any atom is 0.410 e. The number of hydrogen-bond acceptors (Lipinski definition) is 3. The van der Waals surface area contributed by atoms with Crippen LogP contribution >= 0.6 is 0 Å². The van der Waals surface area contributed by atoms with Crippen LogP contribution in [0.3, 0.4) is 0 Å². The highest BCUT2D eigenvalue weighted by Crippen LogP contribution is 2.44. The van der Waals surface area contributed by atoms with Crippen molar-refractivity contribution in [1.82, 2.24) is 4.90 Å². The lowest BCUT2D eigenvalue weighted by atomic mass is 9.86. The van der Waals surface area contributed by atoms with Gasteiger partial charge in [-0.1, -0.05) is 78.4 Å². The van der Waals surface area contributed by atoms with E-state index in [0.29, 0.717) is 6.61 Å². The van der Waals surface area contributed by atoms with Crippen LogP contribution in [-0.2, 0) is 10.3 Å². The molecule has 1 fully saturated rings. The molecule has 4 heteroatoms. The van der Waals surface area contributed by atoms with Crippen molar-refractivity contribution in [2.24, 2.45) is 0 Å². The molecule has 29 heavy (non-hydrogen) atoms. The van der Waals surface area contributed by atoms with Crippen molar-refractivity contribution in [3.8, 4) is 11.1 Å². The van der Waals surface area contributed by atoms with Crippen molar-refractivity contribution in [2.45, 2.75) is 18.4 Å². The first-order valence-electron chi connectivity index (χ1n) is 9.95. The average Bonchev–Trinajstić information content (AvgIpc) is 3.04. The van der Waals surface area contributed by atoms with E-state index in [4.69, 9.17) is 4.74 Å². The number of rotatable bonds is 3. The van der Waals surface area contributed by atoms with Crippen LogP contribution in [0.15, 0.2) is 72.8 Å². The largest absolute Gasteiger partial charge is 0.448 e. The van der Waals surface area contributed by atoms with E-state index in [9.17, 15) is 9.90 Å². The van der Waals surface area contributed by atoms with Gasteiger partial charge < -0.3 is 14.7 Å². The van der Waals surface area contributed by atoms with Gasteiger partial charge in [-0.15, -0.1) is 0 Å². The SMILES string of the molecule is Cc1ccc(C2(O)CN(C(=O)OCC3c4ccccc4-c4ccccc43)C2)cc1. The van der Waals surface area contributed by atoms with E-state index in [-0.39, 0.29) is 25.1 Å². The highest BCUT2D eigenvalue weighted by Gasteiger charge is 2.46. The van der Waals surface area contributed by atoms with Crippen LogP contribution in [0.2, 0.25) is 0 Å². The summed E-state index contributed by atoms with van der Waals surface area (Å²) in [5.74, 6) is 0.0450. The fraction of sp³-hybridized carbons (Fsp3) is 0.240. The molecule has 0 spiro atoms. The number of benzene rings is 3. The van der Waals surface area contributed by atoms with Gasteiger partial charge in [-0.05, 0) is 34.7 Å². The number of aliphatic hydroxyl groups is 1. The third-order valence-corrected chi connectivity index (χ3v) is 6.09. The van der Waals surface area contributed by atoms with E-state index in [1.165, 1.54) is 22.3 Å². The Kier molecular flexibility index (Phi) is 4.18. The summed E-state index contributed by atoms with van der Waals surface area (Å²) in [4.78, 5) is 14.1. The van der Waals surface area contributed by atoms with E-state index in [0.717, 1.165) is 11.1 Å². The van der Waals surface area contributed by atoms with Crippen LogP contribution in [0.5, 0.6) is 0 Å². The van der Waals surface area contributed by atoms with Crippen LogP contribution in [0.25, 0.3) is 11.1 Å². The van der Waals surface area contributed by atoms with E-state index in [1.54, 1.807) is 4.90 Å². The lowest BCUT2D eigenvalue weighted by molar-refractivity contribution is -0.0942. The number of β-amino-alcohol motifs (C(OH)–C–C–N with tert-alkyl or cyclic N) is 1. The molecule has 2 aliphatic rings. The Labute approximate surface area is 170 Å². The topological polar surface area (TPSA) is 49.8 Å². The van der Waals surface area contributed by atoms with E-state index < -0.39 is 5.60 Å². The van der Waals surface area contributed by atoms with Crippen molar-refractivity contribution in [3.05, 3.63) is 95.1 Å². The van der Waals surface area contributed by atoms with Crippen molar-refractivity contribution in [2.75, 3.05) is 19.7 Å². The summed E-state index contributed by atoms with van der Waals surface area (Å²) in [5, 5.41) is 10.8. The molecule has 1 saturated heterocycles. The van der Waals surface area contributed by atoms with Gasteiger partial charge in [0.25, 0.3) is 0 Å². The van der Waals surface area contributed by atoms with Gasteiger partial charge in [-0.2, -0.15) is 0 Å². The Morgan fingerprint density at radius 1 is 0.966 bits per heavy atom. The normalized spacial score (nSPS) is 16.7. The van der Waals surface area contributed by atoms with Gasteiger partial charge in [-0.25, -0.2) is 4.79 Å². The van der Waals surface area contributed by atoms with Gasteiger partial charge in [0.15, 0.2) is 0 Å². The van der Waals surface area contributed by atoms with Crippen molar-refractivity contribution in [1.29, 1.82) is 0 Å². The first-order chi connectivity index (χ1) is 14.0. The molecule has 3 aromatic carbocycles. The van der Waals surface area contributed by atoms with Gasteiger partial charge in [0.1, 0.15) is 12.2 Å². The van der Waals surface area contributed by atoms with Gasteiger partial charge in [0.05, 0.1) is 13.1 Å². The summed E-state index contributed by atoms with van der Waals surface area (Å²) < 4.78 is 5.67. The fourth-order valence-corrected chi connectivity index (χ4v) is 4.45. The first kappa shape index (κ1) is 18.0. The van der Waals surface area contributed by atoms with Crippen LogP contribution < -0.4 is 0 Å². The zero-order valence-corrected chi connectivity index (χ0v) is 16.3. The number of fused-ring (bicyclic) bond motifs is 3. The standard InChI is InChI=1S/C25H23NO3/c1-17-10-12-18(13-11-17)25(28)15-26(16-25)24(27)29-14-23-21-8-4-2-6-19(21)20-7-3-5-9-22(20)23/h2-13,23,28H,14-16H2,1H3. The molecule has 0 atom stereocenters. The molecule has 4 nitrogen and oxygen atoms in total. The number of likely N-dealkylation sites (tertiary alicyclic amines) is 1. The predicted octanol–water partition coefficient (Wildman–Crippen LogP) is 4.45. The zero-order valence-electron chi connectivity index (χ0n) is 16.3. The molecule has 0 radical (unpaired) electrons. The number of nitrogens with zero attached hydrogens (tertiary/aromatic N) is 1. The molecule has 5 rings (SSSR count). The van der Waals surface area contributed by atoms with E-state index in [2.05, 4.69) is 24.3 Å². The molecule has 0 unspecified atom stereocenters. The summed E-state index contributed by atoms with van der Waals surface area (Å²) in [5.41, 5.74) is 5.81. The van der Waals surface area contributed by atoms with Gasteiger partial charge in [0, 0.05) is 5.92 Å². The second-order valence-electron chi connectivity index (χ2n) is 8.06. The van der Waals surface area contributed by atoms with Gasteiger partial charge in [0.2, 0.25) is 0 Å². The molecular formula is C25H23NO3. The first-order valence-corrected chi connectivity index (χ1v) is 9.95. The molecule has 3 aromatic rings. The Bertz CT molecular complexity index is 1020. The number of ether oxygens (including phenoxy) is 1. The minimum Gasteiger partial charge on any atom is -0.448 e. The number of carbonyl (C=O) groups is 1. The second kappa shape index (κ2) is 6.75. The molecule has 1 amide bonds. The Hall–Kier alpha value is -3.11. The smallest absolute Gasteiger partial charge is 0.410 e. The monoisotopic (exact) mass is 385 g/mol. The Balaban J connectivity index is 1.26. The average molecular weight is 385 g/mol. The summed E-state index contributed by atoms with van der Waals surface area (Å²) in [6, 6.07) is 24.4. The van der Waals surface area contributed by atoms with Crippen molar-refractivity contribution in [3.63, 3.8) is 0 Å². The van der Waals surface area contributed by atoms with Crippen LogP contribution in [0.1, 0.15) is 28.2 Å². The molecule has 1 N–H and O–H groups in total. The highest BCUT2D eigenvalue weighted by atomic mass is 16.6. The summed E-state index contributed by atoms with van der Waals surface area (Å²) in [6.07, 6.45) is -0.372. The number of aryl methyl sites for hydroxylation is 1. The third kappa shape index (κ3) is 3.00. The highest BCUT2D eigenvalue weighted by molar-refractivity contribution is 5.79. The third-order valence-electron chi connectivity index (χ3n) is 6.09. The molecular weight excluding hydrogens is 362 g/mol. The summed E-state index contributed by atoms with van der Waals surface area (Å²) in [6.45, 7) is 2.82. The lowest BCUT2D eigenvalue weighted by Gasteiger charge is -2.46. The minimum absolute atomic E-state index is 0.0450. The number of carbonyl (C=O) groups excluding carboxylic acids is 1. The summed E-state index contributed by atoms with van der Waals surface area (Å²) >= 11 is 0. The van der Waals surface area contributed by atoms with E-state index >= 15 is 0 Å². The summed E-state index contributed by atoms with van der Waals surface area (Å²) in [7, 11) is 0. The van der Waals surface area contributed by atoms with Crippen molar-refractivity contribution >= 4 is 6.09 Å². The maximum atomic E-state index is 12.6. The van der Waals surface area contributed by atoms with Crippen LogP contribution in [0.4, 0.5) is 4.79 Å². The minimum atomic E-state index is -0.987. The van der Waals surface area contributed by atoms with E-state index in [1.807, 2.05) is 55.5 Å².